The minimum absolute atomic E-state index is 0.00857. The molecule has 3 aromatic rings. The highest BCUT2D eigenvalue weighted by Crippen LogP contribution is 2.21. The Labute approximate surface area is 221 Å². The van der Waals surface area contributed by atoms with Crippen molar-refractivity contribution in [2.45, 2.75) is 64.5 Å². The quantitative estimate of drug-likeness (QED) is 0.320. The number of fused-ring (bicyclic) bond motifs is 1. The van der Waals surface area contributed by atoms with Crippen LogP contribution in [0.2, 0.25) is 0 Å². The number of unbranched alkanes of at least 4 members (excludes halogenated alkanes) is 1. The lowest BCUT2D eigenvalue weighted by molar-refractivity contribution is -0.125. The van der Waals surface area contributed by atoms with E-state index in [1.54, 1.807) is 0 Å². The molecule has 37 heavy (non-hydrogen) atoms. The van der Waals surface area contributed by atoms with Gasteiger partial charge < -0.3 is 10.6 Å². The zero-order chi connectivity index (χ0) is 26.0. The van der Waals surface area contributed by atoms with Crippen LogP contribution in [0.15, 0.2) is 72.8 Å². The second-order valence-electron chi connectivity index (χ2n) is 10.7. The Morgan fingerprint density at radius 1 is 0.946 bits per heavy atom. The Hall–Kier alpha value is -3.18. The molecule has 1 heterocycles. The van der Waals surface area contributed by atoms with Crippen LogP contribution in [0.1, 0.15) is 61.9 Å². The lowest BCUT2D eigenvalue weighted by Crippen LogP contribution is -2.50. The van der Waals surface area contributed by atoms with Crippen LogP contribution >= 0.6 is 0 Å². The van der Waals surface area contributed by atoms with Crippen LogP contribution in [0.4, 0.5) is 0 Å². The Morgan fingerprint density at radius 2 is 1.70 bits per heavy atom. The molecule has 0 radical (unpaired) electrons. The van der Waals surface area contributed by atoms with Crippen molar-refractivity contribution in [3.63, 3.8) is 0 Å². The number of rotatable bonds is 12. The van der Waals surface area contributed by atoms with E-state index in [1.807, 2.05) is 48.5 Å². The smallest absolute Gasteiger partial charge is 0.252 e. The van der Waals surface area contributed by atoms with E-state index in [1.165, 1.54) is 5.56 Å². The maximum Gasteiger partial charge on any atom is 0.252 e. The molecular weight excluding hydrogens is 458 g/mol. The minimum atomic E-state index is -0.113. The molecule has 196 valence electrons. The number of carbonyl (C=O) groups excluding carboxylic acids is 2. The number of nitrogens with one attached hydrogen (secondary N) is 2. The van der Waals surface area contributed by atoms with Gasteiger partial charge in [-0.25, -0.2) is 0 Å². The first-order chi connectivity index (χ1) is 18.0. The summed E-state index contributed by atoms with van der Waals surface area (Å²) in [7, 11) is 0. The molecule has 1 aliphatic heterocycles. The molecular formula is C32H41N3O2. The number of aryl methyl sites for hydroxylation is 1. The van der Waals surface area contributed by atoms with Crippen LogP contribution in [0, 0.1) is 5.92 Å². The van der Waals surface area contributed by atoms with Crippen molar-refractivity contribution in [2.24, 2.45) is 5.92 Å². The molecule has 5 nitrogen and oxygen atoms in total. The predicted octanol–water partition coefficient (Wildman–Crippen LogP) is 5.59. The van der Waals surface area contributed by atoms with Crippen LogP contribution in [-0.2, 0) is 11.2 Å². The highest BCUT2D eigenvalue weighted by molar-refractivity contribution is 6.07. The molecule has 2 atom stereocenters. The fraction of sp³-hybridized carbons (Fsp3) is 0.438. The van der Waals surface area contributed by atoms with E-state index >= 15 is 0 Å². The zero-order valence-electron chi connectivity index (χ0n) is 22.3. The third-order valence-corrected chi connectivity index (χ3v) is 7.28. The van der Waals surface area contributed by atoms with Gasteiger partial charge in [0.2, 0.25) is 5.91 Å². The van der Waals surface area contributed by atoms with Gasteiger partial charge in [0.05, 0.1) is 6.04 Å². The topological polar surface area (TPSA) is 61.4 Å². The number of amides is 2. The summed E-state index contributed by atoms with van der Waals surface area (Å²) in [5.74, 6) is 0.527. The molecule has 4 rings (SSSR count). The van der Waals surface area contributed by atoms with Crippen molar-refractivity contribution in [2.75, 3.05) is 19.6 Å². The van der Waals surface area contributed by atoms with Crippen molar-refractivity contribution >= 4 is 22.6 Å². The molecule has 1 aliphatic rings. The number of nitrogens with zero attached hydrogens (tertiary/aromatic N) is 1. The van der Waals surface area contributed by atoms with Crippen molar-refractivity contribution in [1.29, 1.82) is 0 Å². The monoisotopic (exact) mass is 499 g/mol. The Kier molecular flexibility index (Phi) is 9.72. The van der Waals surface area contributed by atoms with Gasteiger partial charge in [-0.3, -0.25) is 14.5 Å². The summed E-state index contributed by atoms with van der Waals surface area (Å²) in [6, 6.07) is 24.2. The lowest BCUT2D eigenvalue weighted by Gasteiger charge is -2.30. The SMILES string of the molecule is CC(C)C[C@H](CN1CCC[C@H]1C(=O)NCCCCc1ccccc1)NC(=O)c1cccc2ccccc12. The zero-order valence-corrected chi connectivity index (χ0v) is 22.3. The molecule has 2 N–H and O–H groups in total. The van der Waals surface area contributed by atoms with E-state index in [0.29, 0.717) is 24.6 Å². The van der Waals surface area contributed by atoms with E-state index in [2.05, 4.69) is 53.6 Å². The van der Waals surface area contributed by atoms with E-state index in [-0.39, 0.29) is 23.9 Å². The van der Waals surface area contributed by atoms with Crippen LogP contribution in [0.3, 0.4) is 0 Å². The minimum Gasteiger partial charge on any atom is -0.355 e. The van der Waals surface area contributed by atoms with Crippen LogP contribution in [0.25, 0.3) is 10.8 Å². The molecule has 1 fully saturated rings. The Balaban J connectivity index is 1.31. The fourth-order valence-electron chi connectivity index (χ4n) is 5.49. The van der Waals surface area contributed by atoms with E-state index in [9.17, 15) is 9.59 Å². The molecule has 0 saturated carbocycles. The summed E-state index contributed by atoms with van der Waals surface area (Å²) in [6.07, 6.45) is 5.85. The van der Waals surface area contributed by atoms with Gasteiger partial charge in [0.25, 0.3) is 5.91 Å². The molecule has 0 unspecified atom stereocenters. The van der Waals surface area contributed by atoms with Gasteiger partial charge >= 0.3 is 0 Å². The first-order valence-corrected chi connectivity index (χ1v) is 13.9. The maximum atomic E-state index is 13.3. The van der Waals surface area contributed by atoms with E-state index in [4.69, 9.17) is 0 Å². The Morgan fingerprint density at radius 3 is 2.51 bits per heavy atom. The number of benzene rings is 3. The van der Waals surface area contributed by atoms with Gasteiger partial charge in [0.1, 0.15) is 0 Å². The lowest BCUT2D eigenvalue weighted by atomic mass is 10.0. The number of hydrogen-bond donors (Lipinski definition) is 2. The van der Waals surface area contributed by atoms with Crippen LogP contribution < -0.4 is 10.6 Å². The fourth-order valence-corrected chi connectivity index (χ4v) is 5.49. The summed E-state index contributed by atoms with van der Waals surface area (Å²) in [5, 5.41) is 8.51. The van der Waals surface area contributed by atoms with Crippen molar-refractivity contribution in [3.05, 3.63) is 83.9 Å². The first-order valence-electron chi connectivity index (χ1n) is 13.9. The molecule has 0 spiro atoms. The van der Waals surface area contributed by atoms with Crippen molar-refractivity contribution in [3.8, 4) is 0 Å². The third-order valence-electron chi connectivity index (χ3n) is 7.28. The molecule has 2 amide bonds. The number of hydrogen-bond acceptors (Lipinski definition) is 3. The predicted molar refractivity (Wildman–Crippen MR) is 152 cm³/mol. The van der Waals surface area contributed by atoms with Gasteiger partial charge in [0.15, 0.2) is 0 Å². The van der Waals surface area contributed by atoms with Gasteiger partial charge in [-0.2, -0.15) is 0 Å². The normalized spacial score (nSPS) is 16.7. The summed E-state index contributed by atoms with van der Waals surface area (Å²) < 4.78 is 0. The molecule has 0 bridgehead atoms. The highest BCUT2D eigenvalue weighted by atomic mass is 16.2. The molecule has 1 saturated heterocycles. The van der Waals surface area contributed by atoms with Crippen LogP contribution in [0.5, 0.6) is 0 Å². The van der Waals surface area contributed by atoms with Crippen LogP contribution in [-0.4, -0.2) is 48.4 Å². The summed E-state index contributed by atoms with van der Waals surface area (Å²) >= 11 is 0. The summed E-state index contributed by atoms with van der Waals surface area (Å²) in [4.78, 5) is 28.7. The standard InChI is InChI=1S/C32H41N3O2/c1-24(2)22-27(34-31(36)29-18-10-16-26-15-6-7-17-28(26)29)23-35-21-11-19-30(35)32(37)33-20-9-8-14-25-12-4-3-5-13-25/h3-7,10,12-13,15-18,24,27,30H,8-9,11,14,19-23H2,1-2H3,(H,33,37)(H,34,36)/t27-,30+/m1/s1. The number of likely N-dealkylation sites (tertiary alicyclic amines) is 1. The first kappa shape index (κ1) is 26.9. The molecule has 3 aromatic carbocycles. The second kappa shape index (κ2) is 13.4. The summed E-state index contributed by atoms with van der Waals surface area (Å²) in [6.45, 7) is 6.66. The van der Waals surface area contributed by atoms with Crippen molar-refractivity contribution in [1.82, 2.24) is 15.5 Å². The molecule has 5 heteroatoms. The van der Waals surface area contributed by atoms with E-state index in [0.717, 1.165) is 55.8 Å². The highest BCUT2D eigenvalue weighted by Gasteiger charge is 2.32. The average Bonchev–Trinajstić information content (AvgIpc) is 3.36. The third kappa shape index (κ3) is 7.65. The largest absolute Gasteiger partial charge is 0.355 e. The Bertz CT molecular complexity index is 1160. The van der Waals surface area contributed by atoms with Crippen molar-refractivity contribution < 1.29 is 9.59 Å². The molecule has 0 aromatic heterocycles. The second-order valence-corrected chi connectivity index (χ2v) is 10.7. The van der Waals surface area contributed by atoms with Gasteiger partial charge in [0, 0.05) is 24.7 Å². The van der Waals surface area contributed by atoms with Gasteiger partial charge in [-0.05, 0) is 73.4 Å². The van der Waals surface area contributed by atoms with Gasteiger partial charge in [-0.15, -0.1) is 0 Å². The summed E-state index contributed by atoms with van der Waals surface area (Å²) in [5.41, 5.74) is 2.05. The van der Waals surface area contributed by atoms with Gasteiger partial charge in [-0.1, -0.05) is 80.6 Å². The molecule has 0 aliphatic carbocycles. The van der Waals surface area contributed by atoms with E-state index < -0.39 is 0 Å². The number of carbonyl (C=O) groups is 2. The average molecular weight is 500 g/mol. The maximum absolute atomic E-state index is 13.3.